The first-order valence-corrected chi connectivity index (χ1v) is 6.79. The number of nitrogens with two attached hydrogens (primary N) is 1. The molecule has 1 atom stereocenters. The third-order valence-corrected chi connectivity index (χ3v) is 3.82. The molecule has 1 saturated heterocycles. The van der Waals surface area contributed by atoms with Crippen molar-refractivity contribution in [3.05, 3.63) is 28.6 Å². The zero-order valence-electron chi connectivity index (χ0n) is 11.8. The van der Waals surface area contributed by atoms with Crippen LogP contribution < -0.4 is 16.2 Å². The van der Waals surface area contributed by atoms with Crippen molar-refractivity contribution in [2.24, 2.45) is 0 Å². The minimum atomic E-state index is -0.136. The third-order valence-electron chi connectivity index (χ3n) is 3.82. The van der Waals surface area contributed by atoms with Crippen LogP contribution in [0.2, 0.25) is 0 Å². The van der Waals surface area contributed by atoms with Gasteiger partial charge >= 0.3 is 0 Å². The number of nitrogens with zero attached hydrogens (tertiary/aromatic N) is 3. The monoisotopic (exact) mass is 273 g/mol. The summed E-state index contributed by atoms with van der Waals surface area (Å²) in [4.78, 5) is 24.1. The van der Waals surface area contributed by atoms with Crippen LogP contribution in [0.4, 0.5) is 11.6 Å². The molecule has 3 rings (SSSR count). The first-order valence-electron chi connectivity index (χ1n) is 6.79. The Kier molecular flexibility index (Phi) is 3.10. The summed E-state index contributed by atoms with van der Waals surface area (Å²) in [7, 11) is 2.10. The van der Waals surface area contributed by atoms with E-state index < -0.39 is 0 Å². The molecule has 0 spiro atoms. The maximum Gasteiger partial charge on any atom is 0.260 e. The minimum Gasteiger partial charge on any atom is -0.399 e. The SMILES string of the molecule is CC1CN(C)CCN1c1nc2ccc(N)cc2c(=O)[nH]1. The summed E-state index contributed by atoms with van der Waals surface area (Å²) in [5.41, 5.74) is 6.84. The van der Waals surface area contributed by atoms with Gasteiger partial charge in [-0.3, -0.25) is 9.78 Å². The second-order valence-corrected chi connectivity index (χ2v) is 5.47. The van der Waals surface area contributed by atoms with Gasteiger partial charge in [-0.15, -0.1) is 0 Å². The highest BCUT2D eigenvalue weighted by Gasteiger charge is 2.23. The molecular weight excluding hydrogens is 254 g/mol. The Balaban J connectivity index is 2.05. The zero-order chi connectivity index (χ0) is 14.3. The Morgan fingerprint density at radius 1 is 1.40 bits per heavy atom. The van der Waals surface area contributed by atoms with Crippen LogP contribution in [0.1, 0.15) is 6.92 Å². The summed E-state index contributed by atoms with van der Waals surface area (Å²) < 4.78 is 0. The van der Waals surface area contributed by atoms with E-state index in [1.165, 1.54) is 0 Å². The number of hydrogen-bond acceptors (Lipinski definition) is 5. The predicted octanol–water partition coefficient (Wildman–Crippen LogP) is 0.646. The number of aromatic nitrogens is 2. The van der Waals surface area contributed by atoms with Crippen molar-refractivity contribution in [1.82, 2.24) is 14.9 Å². The summed E-state index contributed by atoms with van der Waals surface area (Å²) in [6.07, 6.45) is 0. The molecule has 1 aliphatic heterocycles. The van der Waals surface area contributed by atoms with Crippen molar-refractivity contribution in [1.29, 1.82) is 0 Å². The molecule has 1 aromatic carbocycles. The first-order chi connectivity index (χ1) is 9.54. The standard InChI is InChI=1S/C14H19N5O/c1-9-8-18(2)5-6-19(9)14-16-12-4-3-10(15)7-11(12)13(20)17-14/h3-4,7,9H,5-6,8,15H2,1-2H3,(H,16,17,20). The number of likely N-dealkylation sites (N-methyl/N-ethyl adjacent to an activating group) is 1. The highest BCUT2D eigenvalue weighted by Crippen LogP contribution is 2.18. The quantitative estimate of drug-likeness (QED) is 0.746. The van der Waals surface area contributed by atoms with Gasteiger partial charge in [0.1, 0.15) is 0 Å². The molecule has 106 valence electrons. The van der Waals surface area contributed by atoms with Crippen LogP contribution in [0.15, 0.2) is 23.0 Å². The second-order valence-electron chi connectivity index (χ2n) is 5.47. The summed E-state index contributed by atoms with van der Waals surface area (Å²) in [6.45, 7) is 4.93. The molecule has 0 radical (unpaired) electrons. The molecule has 0 saturated carbocycles. The third kappa shape index (κ3) is 2.22. The van der Waals surface area contributed by atoms with Crippen LogP contribution in [0.3, 0.4) is 0 Å². The van der Waals surface area contributed by atoms with E-state index in [2.05, 4.69) is 33.7 Å². The first kappa shape index (κ1) is 12.9. The number of piperazine rings is 1. The maximum atomic E-state index is 12.2. The lowest BCUT2D eigenvalue weighted by Gasteiger charge is -2.38. The molecular formula is C14H19N5O. The summed E-state index contributed by atoms with van der Waals surface area (Å²) in [5.74, 6) is 0.646. The molecule has 1 aliphatic rings. The van der Waals surface area contributed by atoms with Crippen molar-refractivity contribution < 1.29 is 0 Å². The number of H-pyrrole nitrogens is 1. The van der Waals surface area contributed by atoms with Crippen molar-refractivity contribution in [2.45, 2.75) is 13.0 Å². The van der Waals surface area contributed by atoms with Crippen molar-refractivity contribution in [3.8, 4) is 0 Å². The van der Waals surface area contributed by atoms with E-state index in [9.17, 15) is 4.79 Å². The normalized spacial score (nSPS) is 20.5. The molecule has 2 heterocycles. The second kappa shape index (κ2) is 4.79. The Labute approximate surface area is 117 Å². The average molecular weight is 273 g/mol. The van der Waals surface area contributed by atoms with Gasteiger partial charge in [0, 0.05) is 31.4 Å². The number of anilines is 2. The van der Waals surface area contributed by atoms with Crippen LogP contribution in [-0.4, -0.2) is 47.6 Å². The number of rotatable bonds is 1. The van der Waals surface area contributed by atoms with Gasteiger partial charge in [0.05, 0.1) is 10.9 Å². The molecule has 1 fully saturated rings. The lowest BCUT2D eigenvalue weighted by atomic mass is 10.2. The summed E-state index contributed by atoms with van der Waals surface area (Å²) >= 11 is 0. The van der Waals surface area contributed by atoms with Gasteiger partial charge in [-0.1, -0.05) is 0 Å². The van der Waals surface area contributed by atoms with Crippen molar-refractivity contribution in [3.63, 3.8) is 0 Å². The van der Waals surface area contributed by atoms with Crippen molar-refractivity contribution >= 4 is 22.5 Å². The van der Waals surface area contributed by atoms with E-state index in [0.29, 0.717) is 28.6 Å². The van der Waals surface area contributed by atoms with Gasteiger partial charge in [0.2, 0.25) is 5.95 Å². The number of fused-ring (bicyclic) bond motifs is 1. The zero-order valence-corrected chi connectivity index (χ0v) is 11.8. The van der Waals surface area contributed by atoms with E-state index in [1.807, 2.05) is 0 Å². The van der Waals surface area contributed by atoms with Crippen LogP contribution in [-0.2, 0) is 0 Å². The Bertz CT molecular complexity index is 696. The lowest BCUT2D eigenvalue weighted by molar-refractivity contribution is 0.273. The molecule has 0 bridgehead atoms. The van der Waals surface area contributed by atoms with E-state index in [1.54, 1.807) is 18.2 Å². The molecule has 6 heteroatoms. The lowest BCUT2D eigenvalue weighted by Crippen LogP contribution is -2.51. The molecule has 1 unspecified atom stereocenters. The number of aromatic amines is 1. The van der Waals surface area contributed by atoms with Crippen LogP contribution in [0.25, 0.3) is 10.9 Å². The number of benzene rings is 1. The predicted molar refractivity (Wildman–Crippen MR) is 81.1 cm³/mol. The largest absolute Gasteiger partial charge is 0.399 e. The Hall–Kier alpha value is -2.08. The van der Waals surface area contributed by atoms with Gasteiger partial charge in [-0.25, -0.2) is 4.98 Å². The molecule has 2 aromatic rings. The van der Waals surface area contributed by atoms with E-state index >= 15 is 0 Å². The Morgan fingerprint density at radius 3 is 2.95 bits per heavy atom. The minimum absolute atomic E-state index is 0.136. The number of nitrogens with one attached hydrogen (secondary N) is 1. The molecule has 0 amide bonds. The van der Waals surface area contributed by atoms with Gasteiger partial charge in [-0.2, -0.15) is 0 Å². The average Bonchev–Trinajstić information content (AvgIpc) is 2.39. The topological polar surface area (TPSA) is 78.2 Å². The summed E-state index contributed by atoms with van der Waals surface area (Å²) in [6, 6.07) is 5.55. The smallest absolute Gasteiger partial charge is 0.260 e. The van der Waals surface area contributed by atoms with Gasteiger partial charge < -0.3 is 15.5 Å². The summed E-state index contributed by atoms with van der Waals surface area (Å²) in [5, 5.41) is 0.538. The van der Waals surface area contributed by atoms with Gasteiger partial charge in [0.25, 0.3) is 5.56 Å². The molecule has 20 heavy (non-hydrogen) atoms. The highest BCUT2D eigenvalue weighted by atomic mass is 16.1. The fourth-order valence-corrected chi connectivity index (χ4v) is 2.73. The van der Waals surface area contributed by atoms with Crippen LogP contribution >= 0.6 is 0 Å². The Morgan fingerprint density at radius 2 is 2.20 bits per heavy atom. The molecule has 6 nitrogen and oxygen atoms in total. The fraction of sp³-hybridized carbons (Fsp3) is 0.429. The van der Waals surface area contributed by atoms with Gasteiger partial charge in [0.15, 0.2) is 0 Å². The van der Waals surface area contributed by atoms with Crippen LogP contribution in [0, 0.1) is 0 Å². The van der Waals surface area contributed by atoms with E-state index in [4.69, 9.17) is 5.73 Å². The van der Waals surface area contributed by atoms with Crippen molar-refractivity contribution in [2.75, 3.05) is 37.3 Å². The molecule has 3 N–H and O–H groups in total. The molecule has 1 aromatic heterocycles. The number of nitrogen functional groups attached to an aromatic ring is 1. The van der Waals surface area contributed by atoms with Gasteiger partial charge in [-0.05, 0) is 32.2 Å². The van der Waals surface area contributed by atoms with E-state index in [-0.39, 0.29) is 5.56 Å². The fourth-order valence-electron chi connectivity index (χ4n) is 2.73. The molecule has 0 aliphatic carbocycles. The van der Waals surface area contributed by atoms with Crippen LogP contribution in [0.5, 0.6) is 0 Å². The van der Waals surface area contributed by atoms with E-state index in [0.717, 1.165) is 19.6 Å². The number of hydrogen-bond donors (Lipinski definition) is 2. The highest BCUT2D eigenvalue weighted by molar-refractivity contribution is 5.81. The maximum absolute atomic E-state index is 12.2.